The summed E-state index contributed by atoms with van der Waals surface area (Å²) in [7, 11) is 0. The molecular formula is C13H28N4. The van der Waals surface area contributed by atoms with E-state index >= 15 is 0 Å². The van der Waals surface area contributed by atoms with E-state index in [1.165, 1.54) is 32.5 Å². The summed E-state index contributed by atoms with van der Waals surface area (Å²) in [6, 6.07) is 0. The van der Waals surface area contributed by atoms with E-state index in [0.717, 1.165) is 25.6 Å². The molecule has 100 valence electrons. The van der Waals surface area contributed by atoms with Gasteiger partial charge in [0.1, 0.15) is 0 Å². The summed E-state index contributed by atoms with van der Waals surface area (Å²) in [5.41, 5.74) is 0. The molecule has 0 aromatic carbocycles. The molecule has 1 rings (SSSR count). The molecule has 1 saturated heterocycles. The maximum Gasteiger partial charge on any atom is 0.191 e. The lowest BCUT2D eigenvalue weighted by Gasteiger charge is -2.19. The van der Waals surface area contributed by atoms with E-state index in [-0.39, 0.29) is 0 Å². The minimum Gasteiger partial charge on any atom is -0.357 e. The minimum atomic E-state index is 0.639. The summed E-state index contributed by atoms with van der Waals surface area (Å²) in [6.45, 7) is 13.0. The molecule has 1 heterocycles. The minimum absolute atomic E-state index is 0.639. The Balaban J connectivity index is 2.26. The number of guanidine groups is 1. The van der Waals surface area contributed by atoms with Gasteiger partial charge in [-0.25, -0.2) is 0 Å². The highest BCUT2D eigenvalue weighted by Gasteiger charge is 2.14. The van der Waals surface area contributed by atoms with Crippen molar-refractivity contribution in [1.82, 2.24) is 15.5 Å². The Morgan fingerprint density at radius 1 is 1.18 bits per heavy atom. The van der Waals surface area contributed by atoms with Crippen LogP contribution in [-0.4, -0.2) is 50.1 Å². The molecule has 0 aliphatic carbocycles. The largest absolute Gasteiger partial charge is 0.357 e. The van der Waals surface area contributed by atoms with E-state index < -0.39 is 0 Å². The van der Waals surface area contributed by atoms with Crippen molar-refractivity contribution >= 4 is 5.96 Å². The van der Waals surface area contributed by atoms with Crippen LogP contribution in [0, 0.1) is 5.92 Å². The molecule has 0 bridgehead atoms. The Morgan fingerprint density at radius 3 is 2.29 bits per heavy atom. The fourth-order valence-corrected chi connectivity index (χ4v) is 2.22. The molecule has 17 heavy (non-hydrogen) atoms. The molecule has 4 nitrogen and oxygen atoms in total. The quantitative estimate of drug-likeness (QED) is 0.543. The predicted molar refractivity (Wildman–Crippen MR) is 74.5 cm³/mol. The Hall–Kier alpha value is -0.770. The molecule has 1 aliphatic rings. The lowest BCUT2D eigenvalue weighted by molar-refractivity contribution is 0.291. The second kappa shape index (κ2) is 8.34. The van der Waals surface area contributed by atoms with Crippen molar-refractivity contribution in [1.29, 1.82) is 0 Å². The summed E-state index contributed by atoms with van der Waals surface area (Å²) in [5, 5.41) is 6.52. The average molecular weight is 240 g/mol. The van der Waals surface area contributed by atoms with Crippen LogP contribution in [0.15, 0.2) is 4.99 Å². The second-order valence-electron chi connectivity index (χ2n) is 4.86. The van der Waals surface area contributed by atoms with Crippen molar-refractivity contribution in [3.63, 3.8) is 0 Å². The first kappa shape index (κ1) is 14.3. The van der Waals surface area contributed by atoms with Crippen LogP contribution in [-0.2, 0) is 0 Å². The number of aliphatic imine (C=N–C) groups is 1. The average Bonchev–Trinajstić information content (AvgIpc) is 2.79. The van der Waals surface area contributed by atoms with E-state index in [9.17, 15) is 0 Å². The lowest BCUT2D eigenvalue weighted by Crippen LogP contribution is -2.37. The maximum atomic E-state index is 4.61. The van der Waals surface area contributed by atoms with Crippen LogP contribution in [0.3, 0.4) is 0 Å². The normalized spacial score (nSPS) is 17.8. The van der Waals surface area contributed by atoms with Crippen LogP contribution in [0.2, 0.25) is 0 Å². The van der Waals surface area contributed by atoms with Gasteiger partial charge < -0.3 is 15.5 Å². The topological polar surface area (TPSA) is 39.7 Å². The van der Waals surface area contributed by atoms with Crippen molar-refractivity contribution in [2.24, 2.45) is 10.9 Å². The first-order valence-electron chi connectivity index (χ1n) is 7.00. The van der Waals surface area contributed by atoms with E-state index in [0.29, 0.717) is 5.92 Å². The summed E-state index contributed by atoms with van der Waals surface area (Å²) in [6.07, 6.45) is 2.74. The highest BCUT2D eigenvalue weighted by atomic mass is 15.2. The Morgan fingerprint density at radius 2 is 1.76 bits per heavy atom. The molecule has 0 aromatic rings. The summed E-state index contributed by atoms with van der Waals surface area (Å²) >= 11 is 0. The van der Waals surface area contributed by atoms with Gasteiger partial charge in [-0.2, -0.15) is 0 Å². The van der Waals surface area contributed by atoms with Crippen LogP contribution in [0.1, 0.15) is 33.6 Å². The molecular weight excluding hydrogens is 212 g/mol. The first-order valence-corrected chi connectivity index (χ1v) is 7.00. The van der Waals surface area contributed by atoms with Crippen LogP contribution in [0.25, 0.3) is 0 Å². The van der Waals surface area contributed by atoms with Gasteiger partial charge in [-0.1, -0.05) is 6.92 Å². The molecule has 1 aliphatic heterocycles. The van der Waals surface area contributed by atoms with Crippen molar-refractivity contribution in [3.05, 3.63) is 0 Å². The smallest absolute Gasteiger partial charge is 0.191 e. The van der Waals surface area contributed by atoms with Gasteiger partial charge in [-0.3, -0.25) is 4.99 Å². The SMILES string of the molecule is CCNC(=NCC(C)CN1CCCC1)NCC. The number of rotatable bonds is 6. The highest BCUT2D eigenvalue weighted by molar-refractivity contribution is 5.79. The first-order chi connectivity index (χ1) is 8.26. The molecule has 0 radical (unpaired) electrons. The van der Waals surface area contributed by atoms with Crippen molar-refractivity contribution in [2.45, 2.75) is 33.6 Å². The molecule has 4 heteroatoms. The third-order valence-corrected chi connectivity index (χ3v) is 3.02. The zero-order chi connectivity index (χ0) is 12.5. The van der Waals surface area contributed by atoms with Crippen LogP contribution < -0.4 is 10.6 Å². The second-order valence-corrected chi connectivity index (χ2v) is 4.86. The fraction of sp³-hybridized carbons (Fsp3) is 0.923. The molecule has 0 aromatic heterocycles. The van der Waals surface area contributed by atoms with Gasteiger partial charge in [0, 0.05) is 26.2 Å². The van der Waals surface area contributed by atoms with E-state index in [4.69, 9.17) is 0 Å². The van der Waals surface area contributed by atoms with Gasteiger partial charge in [0.25, 0.3) is 0 Å². The summed E-state index contributed by atoms with van der Waals surface area (Å²) in [5.74, 6) is 1.59. The molecule has 1 atom stereocenters. The molecule has 2 N–H and O–H groups in total. The van der Waals surface area contributed by atoms with Gasteiger partial charge in [0.2, 0.25) is 0 Å². The number of likely N-dealkylation sites (tertiary alicyclic amines) is 1. The monoisotopic (exact) mass is 240 g/mol. The zero-order valence-corrected chi connectivity index (χ0v) is 11.6. The van der Waals surface area contributed by atoms with E-state index in [2.05, 4.69) is 41.3 Å². The van der Waals surface area contributed by atoms with Gasteiger partial charge in [0.15, 0.2) is 5.96 Å². The van der Waals surface area contributed by atoms with Crippen molar-refractivity contribution < 1.29 is 0 Å². The Kier molecular flexibility index (Phi) is 7.01. The predicted octanol–water partition coefficient (Wildman–Crippen LogP) is 1.29. The molecule has 1 unspecified atom stereocenters. The van der Waals surface area contributed by atoms with E-state index in [1.807, 2.05) is 0 Å². The van der Waals surface area contributed by atoms with Gasteiger partial charge in [0.05, 0.1) is 0 Å². The van der Waals surface area contributed by atoms with Gasteiger partial charge >= 0.3 is 0 Å². The van der Waals surface area contributed by atoms with Gasteiger partial charge in [-0.05, 0) is 45.7 Å². The number of nitrogens with zero attached hydrogens (tertiary/aromatic N) is 2. The van der Waals surface area contributed by atoms with Crippen molar-refractivity contribution in [3.8, 4) is 0 Å². The molecule has 0 saturated carbocycles. The summed E-state index contributed by atoms with van der Waals surface area (Å²) < 4.78 is 0. The third kappa shape index (κ3) is 5.91. The van der Waals surface area contributed by atoms with E-state index in [1.54, 1.807) is 0 Å². The molecule has 1 fully saturated rings. The van der Waals surface area contributed by atoms with Crippen LogP contribution in [0.5, 0.6) is 0 Å². The molecule has 0 amide bonds. The maximum absolute atomic E-state index is 4.61. The van der Waals surface area contributed by atoms with Crippen LogP contribution in [0.4, 0.5) is 0 Å². The molecule has 0 spiro atoms. The number of nitrogens with one attached hydrogen (secondary N) is 2. The fourth-order valence-electron chi connectivity index (χ4n) is 2.22. The third-order valence-electron chi connectivity index (χ3n) is 3.02. The van der Waals surface area contributed by atoms with Crippen LogP contribution >= 0.6 is 0 Å². The summed E-state index contributed by atoms with van der Waals surface area (Å²) in [4.78, 5) is 7.17. The van der Waals surface area contributed by atoms with Gasteiger partial charge in [-0.15, -0.1) is 0 Å². The Labute approximate surface area is 106 Å². The Bertz CT molecular complexity index is 213. The zero-order valence-electron chi connectivity index (χ0n) is 11.6. The lowest BCUT2D eigenvalue weighted by atomic mass is 10.2. The highest BCUT2D eigenvalue weighted by Crippen LogP contribution is 2.10. The number of hydrogen-bond donors (Lipinski definition) is 2. The standard InChI is InChI=1S/C13H28N4/c1-4-14-13(15-5-2)16-10-12(3)11-17-8-6-7-9-17/h12H,4-11H2,1-3H3,(H2,14,15,16). The van der Waals surface area contributed by atoms with Crippen molar-refractivity contribution in [2.75, 3.05) is 39.3 Å². The number of hydrogen-bond acceptors (Lipinski definition) is 2.